The fourth-order valence-corrected chi connectivity index (χ4v) is 40.8. The zero-order valence-electron chi connectivity index (χ0n) is 74.6. The summed E-state index contributed by atoms with van der Waals surface area (Å²) in [6, 6.07) is 0. The van der Waals surface area contributed by atoms with Crippen molar-refractivity contribution in [2.45, 2.75) is 301 Å². The van der Waals surface area contributed by atoms with E-state index in [4.69, 9.17) is 64.9 Å². The molecule has 14 atom stereocenters. The van der Waals surface area contributed by atoms with E-state index in [2.05, 4.69) is 163 Å². The Labute approximate surface area is 744 Å². The van der Waals surface area contributed by atoms with Gasteiger partial charge in [-0.1, -0.05) is 186 Å². The van der Waals surface area contributed by atoms with Gasteiger partial charge in [-0.15, -0.1) is 6.58 Å². The predicted molar refractivity (Wildman–Crippen MR) is 472 cm³/mol. The molecule has 33 nitrogen and oxygen atoms in total. The first-order chi connectivity index (χ1) is 53.7. The smallest absolute Gasteiger partial charge is 1.00 e. The van der Waals surface area contributed by atoms with Crippen LogP contribution in [-0.4, -0.2) is 190 Å². The van der Waals surface area contributed by atoms with E-state index in [1.165, 1.54) is 30.7 Å². The summed E-state index contributed by atoms with van der Waals surface area (Å²) in [5.74, 6) is -0.287. The molecule has 2 spiro atoms. The summed E-state index contributed by atoms with van der Waals surface area (Å²) in [5.41, 5.74) is -2.89. The number of aryl methyl sites for hydroxylation is 4. The second-order valence-corrected chi connectivity index (χ2v) is 53.3. The van der Waals surface area contributed by atoms with Crippen molar-refractivity contribution in [1.29, 1.82) is 0 Å². The van der Waals surface area contributed by atoms with Crippen LogP contribution in [0.5, 0.6) is 0 Å². The quantitative estimate of drug-likeness (QED) is 0.0225. The third kappa shape index (κ3) is 21.5. The molecule has 4 bridgehead atoms. The standard InChI is InChI=1S/C26H46N2O6Si2.C25H46N2O7Si2.C14H20N2O4.C13H18N2O5.4CH4.B.Na.H2O3.H/c1-12-22-21(11)26(33-24(22)28-13-20(10)23(29)27-25(28)30)14-31-35(16(2)3,17(4)5)34-36(18(6)7,19(8)9)32-15-26;1-15(2)35(16(3)4)31-13-25(14-32-36(34-35,17(5)6)18(7)8)20(10)21(12-28)23(33-25)27-11-19(9)22(29)26-24(27)30;1-4-14-7-19-6-10(9(14)3)12(20-14)16-5-8(2)11(17)15-13(16)18;1-7-3-15(12(18)14-10(7)17)11-9-4-19-6-13(5-16,20-11)8(9)2;;;;;;;1-3-2;/h12-13,16-19,21-22,24H,1,14-15H2,2-11H3,(H,27,29,30);11,15-18,20-21,23,28H,12-14H2,1-10H3,(H,26,29,30);5,9-10,12H,4,6-7H2,1-3H3,(H,15,17,18);3,8-9,11,16H,4-6H2,1-2H3,(H,14,17,18);4*1H4;;;1-2H;/q;;;;;;;;;+1;;-1/t21-,22?,24-;20-,21?,23-;9-,10?,12-,14+;8-,9?,11-,13+;;;;;;;;/m1111......../s1. The average molecular weight is 1790 g/mol. The van der Waals surface area contributed by atoms with Crippen molar-refractivity contribution in [2.24, 2.45) is 47.3 Å². The number of hydrogen-bond acceptors (Lipinski definition) is 25. The molecule has 39 heteroatoms. The van der Waals surface area contributed by atoms with Crippen molar-refractivity contribution in [3.8, 4) is 0 Å². The molecule has 8 fully saturated rings. The summed E-state index contributed by atoms with van der Waals surface area (Å²) < 4.78 is 84.9. The zero-order chi connectivity index (χ0) is 86.1. The van der Waals surface area contributed by atoms with Crippen molar-refractivity contribution < 1.29 is 111 Å². The number of fused-ring (bicyclic) bond motifs is 4. The number of H-pyrrole nitrogens is 4. The summed E-state index contributed by atoms with van der Waals surface area (Å²) in [6.45, 7) is 58.7. The van der Waals surface area contributed by atoms with Gasteiger partial charge in [0.15, 0.2) is 0 Å². The minimum atomic E-state index is -2.79. The van der Waals surface area contributed by atoms with Gasteiger partial charge in [0.2, 0.25) is 0 Å². The van der Waals surface area contributed by atoms with E-state index in [1.54, 1.807) is 40.1 Å². The van der Waals surface area contributed by atoms with Crippen LogP contribution in [0, 0.1) is 75.0 Å². The topological polar surface area (TPSA) is 420 Å². The van der Waals surface area contributed by atoms with Crippen LogP contribution in [0.3, 0.4) is 0 Å². The van der Waals surface area contributed by atoms with E-state index in [1.807, 2.05) is 19.9 Å². The molecule has 4 unspecified atom stereocenters. The fourth-order valence-electron chi connectivity index (χ4n) is 18.4. The van der Waals surface area contributed by atoms with Crippen LogP contribution < -0.4 is 74.6 Å². The Hall–Kier alpha value is -4.29. The Morgan fingerprint density at radius 1 is 0.455 bits per heavy atom. The van der Waals surface area contributed by atoms with Crippen LogP contribution in [0.1, 0.15) is 230 Å². The molecule has 0 aromatic carbocycles. The summed E-state index contributed by atoms with van der Waals surface area (Å²) in [5, 5.41) is 35.5. The van der Waals surface area contributed by atoms with Gasteiger partial charge >= 0.3 is 86.6 Å². The Kier molecular flexibility index (Phi) is 41.6. The van der Waals surface area contributed by atoms with Crippen LogP contribution in [0.25, 0.3) is 0 Å². The molecule has 687 valence electrons. The van der Waals surface area contributed by atoms with Crippen LogP contribution in [0.4, 0.5) is 0 Å². The van der Waals surface area contributed by atoms with Gasteiger partial charge in [0.25, 0.3) is 22.2 Å². The van der Waals surface area contributed by atoms with E-state index in [0.717, 1.165) is 6.42 Å². The van der Waals surface area contributed by atoms with Gasteiger partial charge in [0.05, 0.1) is 71.7 Å². The normalized spacial score (nSPS) is 28.6. The van der Waals surface area contributed by atoms with Gasteiger partial charge in [0, 0.05) is 85.0 Å². The van der Waals surface area contributed by atoms with Crippen LogP contribution in [0.15, 0.2) is 75.8 Å². The van der Waals surface area contributed by atoms with Crippen LogP contribution in [0.2, 0.25) is 44.3 Å². The third-order valence-electron chi connectivity index (χ3n) is 26.3. The minimum Gasteiger partial charge on any atom is -1.00 e. The molecule has 3 radical (unpaired) electrons. The Morgan fingerprint density at radius 3 is 0.983 bits per heavy atom. The molecule has 12 rings (SSSR count). The number of nitrogens with one attached hydrogen (secondary N) is 4. The molecule has 8 saturated heterocycles. The number of rotatable bonds is 16. The van der Waals surface area contributed by atoms with Gasteiger partial charge in [-0.05, 0) is 96.2 Å². The second-order valence-electron chi connectivity index (χ2n) is 35.5. The summed E-state index contributed by atoms with van der Waals surface area (Å²) in [7, 11) is -11.1. The number of hydrogen-bond donors (Lipinski definition) is 8. The first kappa shape index (κ1) is 113. The molecule has 4 aromatic rings. The van der Waals surface area contributed by atoms with Crippen molar-refractivity contribution in [3.63, 3.8) is 0 Å². The van der Waals surface area contributed by atoms with Gasteiger partial charge < -0.3 is 66.0 Å². The molecule has 8 aliphatic heterocycles. The third-order valence-corrected chi connectivity index (χ3v) is 46.6. The number of aromatic amines is 4. The predicted octanol–water partition coefficient (Wildman–Crippen LogP) is 8.51. The van der Waals surface area contributed by atoms with Gasteiger partial charge in [0.1, 0.15) is 41.7 Å². The molecule has 0 amide bonds. The van der Waals surface area contributed by atoms with E-state index < -0.39 is 109 Å². The minimum absolute atomic E-state index is 0. The molecule has 8 N–H and O–H groups in total. The maximum atomic E-state index is 12.8. The van der Waals surface area contributed by atoms with Crippen LogP contribution in [-0.2, 0) is 59.4 Å². The van der Waals surface area contributed by atoms with E-state index in [9.17, 15) is 48.6 Å². The number of ether oxygens (including phenoxy) is 6. The molecule has 4 aromatic heterocycles. The Balaban J connectivity index is 0.000000812. The molecule has 12 heterocycles. The number of aliphatic hydroxyl groups excluding tert-OH is 2. The largest absolute Gasteiger partial charge is 1.00 e. The Morgan fingerprint density at radius 2 is 0.719 bits per heavy atom. The summed E-state index contributed by atoms with van der Waals surface area (Å²) in [6.07, 6.45) is 6.59. The second kappa shape index (κ2) is 44.6. The van der Waals surface area contributed by atoms with E-state index in [-0.39, 0.29) is 199 Å². The molecular weight excluding hydrogens is 1640 g/mol. The monoisotopic (exact) mass is 1790 g/mol. The van der Waals surface area contributed by atoms with Gasteiger partial charge in [-0.25, -0.2) is 29.7 Å². The average Bonchev–Trinajstić information content (AvgIpc) is 1.58. The first-order valence-electron chi connectivity index (χ1n) is 40.6. The molecule has 0 aliphatic carbocycles. The summed E-state index contributed by atoms with van der Waals surface area (Å²) >= 11 is 0. The zero-order valence-corrected chi connectivity index (χ0v) is 79.6. The maximum absolute atomic E-state index is 12.8. The SMILES string of the molecule is C.C.C.C.C=CC1[C@H](n2cc(C)c(=O)[nH]c2=O)OC2(CO[Si](C(C)C)(C(C)C)O[Si](C(C)C)(C(C)C)OC2)[C@@H]1C.CC[C@@]12COCC([C@H](n3cc(C)c(=O)[nH]c3=O)O1)[C@H]2C.Cc1cn([C@@H]2OC3(CO[Si](C(C)C)(C(C)C)O[Si](C(C)C)(C(C)C)OC3)[C@H](C)C2CO)c(=O)[nH]c1=O.Cc1cn([C@@H]2O[C@@]3(CO)COCC2[C@H]3C)c(=O)[nH]c1=O.OOO.[B].[H-].[Na+]. The fraction of sp³-hybridized carbons (Fsp3) is 0.780. The molecule has 121 heavy (non-hydrogen) atoms. The van der Waals surface area contributed by atoms with E-state index in [0.29, 0.717) is 67.8 Å². The molecule has 8 aliphatic rings. The van der Waals surface area contributed by atoms with Gasteiger partial charge in [-0.3, -0.25) is 57.4 Å². The van der Waals surface area contributed by atoms with Gasteiger partial charge in [-0.2, -0.15) is 0 Å². The maximum Gasteiger partial charge on any atom is 1.00 e. The van der Waals surface area contributed by atoms with Crippen molar-refractivity contribution in [3.05, 3.63) is 143 Å². The van der Waals surface area contributed by atoms with Crippen molar-refractivity contribution in [1.82, 2.24) is 38.2 Å². The summed E-state index contributed by atoms with van der Waals surface area (Å²) in [4.78, 5) is 106. The number of aromatic nitrogens is 8. The van der Waals surface area contributed by atoms with Crippen LogP contribution >= 0.6 is 0 Å². The van der Waals surface area contributed by atoms with Crippen molar-refractivity contribution >= 4 is 42.7 Å². The molecular formula is C82H149BN8NaO25Si4. The van der Waals surface area contributed by atoms with E-state index >= 15 is 0 Å². The molecule has 0 saturated carbocycles. The number of aliphatic hydroxyl groups is 2. The Bertz CT molecular complexity index is 4320. The first-order valence-corrected chi connectivity index (χ1v) is 48.5. The number of nitrogens with zero attached hydrogens (tertiary/aromatic N) is 4. The van der Waals surface area contributed by atoms with Crippen molar-refractivity contribution in [2.75, 3.05) is 66.1 Å².